The molecule has 0 saturated carbocycles. The van der Waals surface area contributed by atoms with Gasteiger partial charge in [-0.05, 0) is 19.4 Å². The maximum atomic E-state index is 5.08. The van der Waals surface area contributed by atoms with Crippen molar-refractivity contribution < 1.29 is 4.52 Å². The number of fused-ring (bicyclic) bond motifs is 1. The minimum atomic E-state index is 0.375. The Morgan fingerprint density at radius 2 is 2.24 bits per heavy atom. The van der Waals surface area contributed by atoms with Gasteiger partial charge in [-0.2, -0.15) is 10.1 Å². The van der Waals surface area contributed by atoms with Gasteiger partial charge in [0.15, 0.2) is 11.5 Å². The number of rotatable bonds is 4. The summed E-state index contributed by atoms with van der Waals surface area (Å²) in [6, 6.07) is 0.375. The van der Waals surface area contributed by atoms with Crippen LogP contribution in [-0.2, 0) is 13.6 Å². The van der Waals surface area contributed by atoms with Crippen LogP contribution >= 0.6 is 0 Å². The zero-order valence-corrected chi connectivity index (χ0v) is 14.8. The van der Waals surface area contributed by atoms with Crippen molar-refractivity contribution in [2.75, 3.05) is 25.0 Å². The molecule has 1 fully saturated rings. The Kier molecular flexibility index (Phi) is 4.08. The Morgan fingerprint density at radius 3 is 3.04 bits per heavy atom. The summed E-state index contributed by atoms with van der Waals surface area (Å²) < 4.78 is 6.85. The van der Waals surface area contributed by atoms with Crippen molar-refractivity contribution in [3.8, 4) is 0 Å². The highest BCUT2D eigenvalue weighted by Crippen LogP contribution is 2.26. The molecule has 132 valence electrons. The largest absolute Gasteiger partial charge is 0.355 e. The standard InChI is InChI=1S/C16H22N8O/c1-11-20-14(21-25-11)9-24-6-4-5-12(8-24)22(2)15-13-7-19-23(3)16(13)18-10-17-15/h7,10,12H,4-6,8-9H2,1-3H3/t12-/m0/s1. The van der Waals surface area contributed by atoms with E-state index >= 15 is 0 Å². The molecule has 0 amide bonds. The lowest BCUT2D eigenvalue weighted by Crippen LogP contribution is -2.46. The first-order valence-corrected chi connectivity index (χ1v) is 8.49. The van der Waals surface area contributed by atoms with Crippen LogP contribution in [0.15, 0.2) is 17.0 Å². The third-order valence-corrected chi connectivity index (χ3v) is 4.81. The highest BCUT2D eigenvalue weighted by Gasteiger charge is 2.26. The first-order chi connectivity index (χ1) is 12.1. The molecule has 0 N–H and O–H groups in total. The van der Waals surface area contributed by atoms with Gasteiger partial charge in [-0.1, -0.05) is 5.16 Å². The van der Waals surface area contributed by atoms with E-state index in [0.717, 1.165) is 48.6 Å². The Hall–Kier alpha value is -2.55. The van der Waals surface area contributed by atoms with Gasteiger partial charge in [0.25, 0.3) is 0 Å². The molecule has 1 atom stereocenters. The fourth-order valence-electron chi connectivity index (χ4n) is 3.50. The van der Waals surface area contributed by atoms with Crippen LogP contribution in [0.25, 0.3) is 11.0 Å². The second kappa shape index (κ2) is 6.40. The Labute approximate surface area is 145 Å². The van der Waals surface area contributed by atoms with Crippen molar-refractivity contribution in [3.63, 3.8) is 0 Å². The van der Waals surface area contributed by atoms with E-state index in [-0.39, 0.29) is 0 Å². The van der Waals surface area contributed by atoms with Crippen molar-refractivity contribution in [2.24, 2.45) is 7.05 Å². The third-order valence-electron chi connectivity index (χ3n) is 4.81. The van der Waals surface area contributed by atoms with Crippen LogP contribution in [0.4, 0.5) is 5.82 Å². The number of hydrogen-bond donors (Lipinski definition) is 0. The summed E-state index contributed by atoms with van der Waals surface area (Å²) >= 11 is 0. The van der Waals surface area contributed by atoms with Crippen molar-refractivity contribution in [1.82, 2.24) is 34.8 Å². The van der Waals surface area contributed by atoms with E-state index in [9.17, 15) is 0 Å². The lowest BCUT2D eigenvalue weighted by atomic mass is 10.0. The molecule has 25 heavy (non-hydrogen) atoms. The topological polar surface area (TPSA) is 89.0 Å². The van der Waals surface area contributed by atoms with Crippen LogP contribution in [-0.4, -0.2) is 61.0 Å². The second-order valence-corrected chi connectivity index (χ2v) is 6.57. The molecule has 1 aliphatic rings. The molecule has 0 radical (unpaired) electrons. The fraction of sp³-hybridized carbons (Fsp3) is 0.562. The van der Waals surface area contributed by atoms with Gasteiger partial charge in [0.2, 0.25) is 5.89 Å². The average molecular weight is 342 g/mol. The molecule has 0 spiro atoms. The van der Waals surface area contributed by atoms with E-state index in [2.05, 4.69) is 42.1 Å². The number of piperidine rings is 1. The monoisotopic (exact) mass is 342 g/mol. The molecule has 0 aromatic carbocycles. The summed E-state index contributed by atoms with van der Waals surface area (Å²) in [7, 11) is 4.00. The van der Waals surface area contributed by atoms with Crippen molar-refractivity contribution in [2.45, 2.75) is 32.4 Å². The molecule has 0 unspecified atom stereocenters. The highest BCUT2D eigenvalue weighted by atomic mass is 16.5. The first-order valence-electron chi connectivity index (χ1n) is 8.49. The van der Waals surface area contributed by atoms with Gasteiger partial charge in [0, 0.05) is 33.6 Å². The smallest absolute Gasteiger partial charge is 0.223 e. The Bertz CT molecular complexity index is 872. The number of aryl methyl sites for hydroxylation is 2. The SMILES string of the molecule is Cc1nc(CN2CCC[C@H](N(C)c3ncnc4c3cnn4C)C2)no1. The predicted molar refractivity (Wildman–Crippen MR) is 92.0 cm³/mol. The molecule has 9 nitrogen and oxygen atoms in total. The predicted octanol–water partition coefficient (Wildman–Crippen LogP) is 1.16. The Morgan fingerprint density at radius 1 is 1.36 bits per heavy atom. The molecule has 1 saturated heterocycles. The molecule has 0 bridgehead atoms. The van der Waals surface area contributed by atoms with Gasteiger partial charge in [0.05, 0.1) is 18.1 Å². The number of nitrogens with zero attached hydrogens (tertiary/aromatic N) is 8. The maximum absolute atomic E-state index is 5.08. The molecule has 9 heteroatoms. The molecule has 4 heterocycles. The normalized spacial score (nSPS) is 18.8. The van der Waals surface area contributed by atoms with E-state index in [1.807, 2.05) is 20.2 Å². The minimum Gasteiger partial charge on any atom is -0.355 e. The molecule has 1 aliphatic heterocycles. The number of anilines is 1. The fourth-order valence-corrected chi connectivity index (χ4v) is 3.50. The molecular weight excluding hydrogens is 320 g/mol. The lowest BCUT2D eigenvalue weighted by Gasteiger charge is -2.37. The van der Waals surface area contributed by atoms with Crippen LogP contribution < -0.4 is 4.90 Å². The summed E-state index contributed by atoms with van der Waals surface area (Å²) in [5.41, 5.74) is 0.854. The van der Waals surface area contributed by atoms with Crippen LogP contribution in [0.5, 0.6) is 0 Å². The summed E-state index contributed by atoms with van der Waals surface area (Å²) in [5.74, 6) is 2.29. The van der Waals surface area contributed by atoms with Gasteiger partial charge in [-0.15, -0.1) is 0 Å². The second-order valence-electron chi connectivity index (χ2n) is 6.57. The molecule has 0 aliphatic carbocycles. The number of likely N-dealkylation sites (N-methyl/N-ethyl adjacent to an activating group) is 1. The van der Waals surface area contributed by atoms with E-state index in [1.165, 1.54) is 0 Å². The highest BCUT2D eigenvalue weighted by molar-refractivity contribution is 5.86. The average Bonchev–Trinajstić information content (AvgIpc) is 3.20. The minimum absolute atomic E-state index is 0.375. The van der Waals surface area contributed by atoms with E-state index < -0.39 is 0 Å². The number of hydrogen-bond acceptors (Lipinski definition) is 8. The summed E-state index contributed by atoms with van der Waals surface area (Å²) in [4.78, 5) is 17.8. The van der Waals surface area contributed by atoms with Crippen LogP contribution in [0.2, 0.25) is 0 Å². The van der Waals surface area contributed by atoms with Gasteiger partial charge < -0.3 is 9.42 Å². The number of likely N-dealkylation sites (tertiary alicyclic amines) is 1. The van der Waals surface area contributed by atoms with Crippen molar-refractivity contribution in [3.05, 3.63) is 24.2 Å². The quantitative estimate of drug-likeness (QED) is 0.698. The lowest BCUT2D eigenvalue weighted by molar-refractivity contribution is 0.192. The summed E-state index contributed by atoms with van der Waals surface area (Å²) in [6.45, 7) is 4.52. The van der Waals surface area contributed by atoms with Gasteiger partial charge in [-0.3, -0.25) is 9.58 Å². The van der Waals surface area contributed by atoms with E-state index in [0.29, 0.717) is 18.5 Å². The van der Waals surface area contributed by atoms with Crippen LogP contribution in [0, 0.1) is 6.92 Å². The third kappa shape index (κ3) is 3.07. The number of aromatic nitrogens is 6. The van der Waals surface area contributed by atoms with Crippen LogP contribution in [0.1, 0.15) is 24.6 Å². The summed E-state index contributed by atoms with van der Waals surface area (Å²) in [5, 5.41) is 9.30. The molecule has 3 aromatic heterocycles. The molecule has 3 aromatic rings. The first kappa shape index (κ1) is 15.9. The zero-order chi connectivity index (χ0) is 17.4. The van der Waals surface area contributed by atoms with Crippen LogP contribution in [0.3, 0.4) is 0 Å². The van der Waals surface area contributed by atoms with Crippen molar-refractivity contribution >= 4 is 16.9 Å². The van der Waals surface area contributed by atoms with E-state index in [1.54, 1.807) is 11.0 Å². The van der Waals surface area contributed by atoms with Crippen molar-refractivity contribution in [1.29, 1.82) is 0 Å². The maximum Gasteiger partial charge on any atom is 0.223 e. The summed E-state index contributed by atoms with van der Waals surface area (Å²) in [6.07, 6.45) is 5.71. The van der Waals surface area contributed by atoms with Gasteiger partial charge >= 0.3 is 0 Å². The van der Waals surface area contributed by atoms with Gasteiger partial charge in [-0.25, -0.2) is 9.97 Å². The van der Waals surface area contributed by atoms with Gasteiger partial charge in [0.1, 0.15) is 12.1 Å². The zero-order valence-electron chi connectivity index (χ0n) is 14.8. The Balaban J connectivity index is 1.52. The molecule has 4 rings (SSSR count). The molecular formula is C16H22N8O. The van der Waals surface area contributed by atoms with E-state index in [4.69, 9.17) is 4.52 Å².